The predicted octanol–water partition coefficient (Wildman–Crippen LogP) is 2.07. The molecule has 2 aromatic rings. The van der Waals surface area contributed by atoms with Crippen LogP contribution in [0.25, 0.3) is 0 Å². The molecule has 0 fully saturated rings. The summed E-state index contributed by atoms with van der Waals surface area (Å²) >= 11 is 0. The summed E-state index contributed by atoms with van der Waals surface area (Å²) in [6, 6.07) is 9.79. The maximum Gasteiger partial charge on any atom is 0.150 e. The number of aryl methyl sites for hydroxylation is 2. The third kappa shape index (κ3) is 5.21. The standard InChI is InChI=1S/C16H22N2O3/c1-3-13-4-6-15(7-5-13)20-11-14(19)9-17-10-16-8-12(2)18-21-16/h4-8,14,17,19H,3,9-11H2,1-2H3. The smallest absolute Gasteiger partial charge is 0.150 e. The number of aromatic nitrogens is 1. The first-order valence-electron chi connectivity index (χ1n) is 7.20. The number of hydrogen-bond acceptors (Lipinski definition) is 5. The lowest BCUT2D eigenvalue weighted by Gasteiger charge is -2.13. The second kappa shape index (κ2) is 7.81. The zero-order valence-electron chi connectivity index (χ0n) is 12.5. The number of rotatable bonds is 8. The van der Waals surface area contributed by atoms with E-state index in [4.69, 9.17) is 9.26 Å². The number of aliphatic hydroxyl groups is 1. The zero-order chi connectivity index (χ0) is 15.1. The third-order valence-electron chi connectivity index (χ3n) is 3.13. The maximum absolute atomic E-state index is 9.86. The molecule has 1 aromatic heterocycles. The summed E-state index contributed by atoms with van der Waals surface area (Å²) in [5.74, 6) is 1.54. The molecule has 114 valence electrons. The first kappa shape index (κ1) is 15.5. The van der Waals surface area contributed by atoms with Crippen molar-refractivity contribution >= 4 is 0 Å². The van der Waals surface area contributed by atoms with E-state index in [0.29, 0.717) is 13.1 Å². The summed E-state index contributed by atoms with van der Waals surface area (Å²) in [7, 11) is 0. The van der Waals surface area contributed by atoms with Gasteiger partial charge in [0.15, 0.2) is 5.76 Å². The van der Waals surface area contributed by atoms with Gasteiger partial charge >= 0.3 is 0 Å². The lowest BCUT2D eigenvalue weighted by atomic mass is 10.2. The largest absolute Gasteiger partial charge is 0.491 e. The van der Waals surface area contributed by atoms with Crippen molar-refractivity contribution in [2.45, 2.75) is 32.9 Å². The lowest BCUT2D eigenvalue weighted by Crippen LogP contribution is -2.31. The van der Waals surface area contributed by atoms with E-state index in [9.17, 15) is 5.11 Å². The van der Waals surface area contributed by atoms with Crippen LogP contribution >= 0.6 is 0 Å². The first-order valence-corrected chi connectivity index (χ1v) is 7.20. The molecule has 1 atom stereocenters. The van der Waals surface area contributed by atoms with Crippen molar-refractivity contribution in [3.05, 3.63) is 47.3 Å². The van der Waals surface area contributed by atoms with Crippen molar-refractivity contribution in [1.82, 2.24) is 10.5 Å². The molecule has 2 rings (SSSR count). The van der Waals surface area contributed by atoms with Gasteiger partial charge in [0.1, 0.15) is 18.5 Å². The SMILES string of the molecule is CCc1ccc(OCC(O)CNCc2cc(C)no2)cc1. The Bertz CT molecular complexity index is 537. The van der Waals surface area contributed by atoms with Crippen LogP contribution in [0.1, 0.15) is 23.9 Å². The molecule has 0 aliphatic heterocycles. The van der Waals surface area contributed by atoms with Gasteiger partial charge in [-0.2, -0.15) is 0 Å². The van der Waals surface area contributed by atoms with Crippen molar-refractivity contribution in [3.63, 3.8) is 0 Å². The van der Waals surface area contributed by atoms with E-state index in [1.165, 1.54) is 5.56 Å². The molecule has 5 heteroatoms. The van der Waals surface area contributed by atoms with Gasteiger partial charge in [0, 0.05) is 12.6 Å². The molecular formula is C16H22N2O3. The van der Waals surface area contributed by atoms with Crippen molar-refractivity contribution in [1.29, 1.82) is 0 Å². The van der Waals surface area contributed by atoms with E-state index in [-0.39, 0.29) is 6.61 Å². The number of benzene rings is 1. The molecule has 0 aliphatic rings. The van der Waals surface area contributed by atoms with Crippen LogP contribution in [0, 0.1) is 6.92 Å². The summed E-state index contributed by atoms with van der Waals surface area (Å²) in [6.45, 7) is 5.23. The van der Waals surface area contributed by atoms with Gasteiger partial charge in [0.25, 0.3) is 0 Å². The van der Waals surface area contributed by atoms with Gasteiger partial charge in [-0.05, 0) is 31.0 Å². The highest BCUT2D eigenvalue weighted by atomic mass is 16.5. The average molecular weight is 290 g/mol. The molecule has 0 bridgehead atoms. The molecule has 1 unspecified atom stereocenters. The fraction of sp³-hybridized carbons (Fsp3) is 0.438. The van der Waals surface area contributed by atoms with Gasteiger partial charge < -0.3 is 19.7 Å². The highest BCUT2D eigenvalue weighted by Crippen LogP contribution is 2.12. The Morgan fingerprint density at radius 1 is 1.33 bits per heavy atom. The van der Waals surface area contributed by atoms with Gasteiger partial charge in [-0.15, -0.1) is 0 Å². The second-order valence-electron chi connectivity index (χ2n) is 5.03. The highest BCUT2D eigenvalue weighted by Gasteiger charge is 2.06. The van der Waals surface area contributed by atoms with E-state index < -0.39 is 6.10 Å². The average Bonchev–Trinajstić information content (AvgIpc) is 2.91. The van der Waals surface area contributed by atoms with Crippen molar-refractivity contribution in [2.24, 2.45) is 0 Å². The first-order chi connectivity index (χ1) is 10.2. The summed E-state index contributed by atoms with van der Waals surface area (Å²) in [5.41, 5.74) is 2.12. The normalized spacial score (nSPS) is 12.3. The molecule has 0 saturated heterocycles. The maximum atomic E-state index is 9.86. The van der Waals surface area contributed by atoms with E-state index in [1.54, 1.807) is 0 Å². The van der Waals surface area contributed by atoms with E-state index >= 15 is 0 Å². The molecular weight excluding hydrogens is 268 g/mol. The molecule has 0 radical (unpaired) electrons. The Morgan fingerprint density at radius 2 is 2.10 bits per heavy atom. The molecule has 0 aliphatic carbocycles. The quantitative estimate of drug-likeness (QED) is 0.779. The van der Waals surface area contributed by atoms with Crippen LogP contribution in [0.4, 0.5) is 0 Å². The summed E-state index contributed by atoms with van der Waals surface area (Å²) in [5, 5.41) is 16.8. The van der Waals surface area contributed by atoms with Crippen molar-refractivity contribution in [2.75, 3.05) is 13.2 Å². The van der Waals surface area contributed by atoms with Gasteiger partial charge in [-0.25, -0.2) is 0 Å². The number of ether oxygens (including phenoxy) is 1. The van der Waals surface area contributed by atoms with Gasteiger partial charge in [-0.3, -0.25) is 0 Å². The fourth-order valence-electron chi connectivity index (χ4n) is 1.93. The van der Waals surface area contributed by atoms with Crippen molar-refractivity contribution in [3.8, 4) is 5.75 Å². The van der Waals surface area contributed by atoms with Crippen LogP contribution in [0.15, 0.2) is 34.9 Å². The minimum atomic E-state index is -0.570. The lowest BCUT2D eigenvalue weighted by molar-refractivity contribution is 0.105. The summed E-state index contributed by atoms with van der Waals surface area (Å²) < 4.78 is 10.6. The molecule has 0 spiro atoms. The van der Waals surface area contributed by atoms with E-state index in [2.05, 4.69) is 17.4 Å². The molecule has 2 N–H and O–H groups in total. The Hall–Kier alpha value is -1.85. The van der Waals surface area contributed by atoms with Crippen LogP contribution in [0.5, 0.6) is 5.75 Å². The summed E-state index contributed by atoms with van der Waals surface area (Å²) in [4.78, 5) is 0. The van der Waals surface area contributed by atoms with Crippen LogP contribution in [0.2, 0.25) is 0 Å². The Labute approximate surface area is 124 Å². The predicted molar refractivity (Wildman–Crippen MR) is 80.3 cm³/mol. The number of nitrogens with zero attached hydrogens (tertiary/aromatic N) is 1. The van der Waals surface area contributed by atoms with Crippen molar-refractivity contribution < 1.29 is 14.4 Å². The molecule has 21 heavy (non-hydrogen) atoms. The van der Waals surface area contributed by atoms with Gasteiger partial charge in [0.2, 0.25) is 0 Å². The number of nitrogens with one attached hydrogen (secondary N) is 1. The minimum absolute atomic E-state index is 0.258. The second-order valence-corrected chi connectivity index (χ2v) is 5.03. The monoisotopic (exact) mass is 290 g/mol. The van der Waals surface area contributed by atoms with Crippen LogP contribution in [-0.2, 0) is 13.0 Å². The Balaban J connectivity index is 1.65. The Kier molecular flexibility index (Phi) is 5.78. The topological polar surface area (TPSA) is 67.5 Å². The number of aliphatic hydroxyl groups excluding tert-OH is 1. The van der Waals surface area contributed by atoms with Crippen LogP contribution < -0.4 is 10.1 Å². The van der Waals surface area contributed by atoms with E-state index in [0.717, 1.165) is 23.6 Å². The molecule has 0 amide bonds. The fourth-order valence-corrected chi connectivity index (χ4v) is 1.93. The Morgan fingerprint density at radius 3 is 2.71 bits per heavy atom. The highest BCUT2D eigenvalue weighted by molar-refractivity contribution is 5.27. The number of hydrogen-bond donors (Lipinski definition) is 2. The summed E-state index contributed by atoms with van der Waals surface area (Å²) in [6.07, 6.45) is 0.438. The minimum Gasteiger partial charge on any atom is -0.491 e. The van der Waals surface area contributed by atoms with Crippen LogP contribution in [-0.4, -0.2) is 29.5 Å². The van der Waals surface area contributed by atoms with E-state index in [1.807, 2.05) is 37.3 Å². The molecule has 1 heterocycles. The molecule has 5 nitrogen and oxygen atoms in total. The molecule has 1 aromatic carbocycles. The van der Waals surface area contributed by atoms with Gasteiger partial charge in [0.05, 0.1) is 12.2 Å². The van der Waals surface area contributed by atoms with Gasteiger partial charge in [-0.1, -0.05) is 24.2 Å². The zero-order valence-corrected chi connectivity index (χ0v) is 12.5. The molecule has 0 saturated carbocycles. The third-order valence-corrected chi connectivity index (χ3v) is 3.13. The van der Waals surface area contributed by atoms with Crippen LogP contribution in [0.3, 0.4) is 0 Å².